The molecule has 0 heterocycles. The largest absolute Gasteiger partial charge is 0.481 e. The van der Waals surface area contributed by atoms with E-state index < -0.39 is 6.10 Å². The molecular weight excluding hydrogens is 300 g/mol. The first kappa shape index (κ1) is 18.0. The highest BCUT2D eigenvalue weighted by molar-refractivity contribution is 5.86. The van der Waals surface area contributed by atoms with Gasteiger partial charge in [-0.2, -0.15) is 5.10 Å². The minimum absolute atomic E-state index is 0.238. The van der Waals surface area contributed by atoms with Gasteiger partial charge in [-0.25, -0.2) is 5.43 Å². The van der Waals surface area contributed by atoms with Crippen molar-refractivity contribution in [1.29, 1.82) is 0 Å². The van der Waals surface area contributed by atoms with Crippen LogP contribution in [0.1, 0.15) is 46.5 Å². The highest BCUT2D eigenvalue weighted by atomic mass is 16.5. The van der Waals surface area contributed by atoms with Crippen molar-refractivity contribution in [2.75, 3.05) is 0 Å². The number of carbonyl (C=O) groups is 1. The van der Waals surface area contributed by atoms with Crippen LogP contribution in [0.4, 0.5) is 0 Å². The number of benzene rings is 2. The summed E-state index contributed by atoms with van der Waals surface area (Å²) in [6.07, 6.45) is 3.77. The second-order valence-electron chi connectivity index (χ2n) is 6.05. The van der Waals surface area contributed by atoms with Crippen molar-refractivity contribution in [2.45, 2.75) is 52.6 Å². The van der Waals surface area contributed by atoms with E-state index in [1.165, 1.54) is 12.8 Å². The van der Waals surface area contributed by atoms with Crippen LogP contribution in [-0.2, 0) is 4.79 Å². The molecule has 0 bridgehead atoms. The molecular formula is C20H26N2O2. The summed E-state index contributed by atoms with van der Waals surface area (Å²) in [7, 11) is 0. The molecule has 0 aliphatic carbocycles. The molecule has 2 aromatic rings. The lowest BCUT2D eigenvalue weighted by Gasteiger charge is -2.14. The van der Waals surface area contributed by atoms with Crippen LogP contribution in [0.2, 0.25) is 0 Å². The van der Waals surface area contributed by atoms with Gasteiger partial charge in [0, 0.05) is 5.71 Å². The number of amides is 1. The maximum Gasteiger partial charge on any atom is 0.280 e. The highest BCUT2D eigenvalue weighted by Gasteiger charge is 2.14. The fourth-order valence-electron chi connectivity index (χ4n) is 2.43. The first-order valence-corrected chi connectivity index (χ1v) is 8.58. The fourth-order valence-corrected chi connectivity index (χ4v) is 2.43. The molecule has 0 aromatic heterocycles. The molecule has 2 rings (SSSR count). The van der Waals surface area contributed by atoms with Gasteiger partial charge >= 0.3 is 0 Å². The third kappa shape index (κ3) is 5.37. The zero-order valence-corrected chi connectivity index (χ0v) is 14.7. The first-order valence-electron chi connectivity index (χ1n) is 8.58. The van der Waals surface area contributed by atoms with Gasteiger partial charge in [-0.15, -0.1) is 0 Å². The van der Waals surface area contributed by atoms with Crippen molar-refractivity contribution in [2.24, 2.45) is 5.10 Å². The maximum absolute atomic E-state index is 12.1. The molecule has 4 nitrogen and oxygen atoms in total. The van der Waals surface area contributed by atoms with Crippen LogP contribution >= 0.6 is 0 Å². The van der Waals surface area contributed by atoms with E-state index in [1.54, 1.807) is 6.92 Å². The minimum Gasteiger partial charge on any atom is -0.481 e. The number of hydrogen-bond acceptors (Lipinski definition) is 3. The molecule has 1 amide bonds. The topological polar surface area (TPSA) is 50.7 Å². The van der Waals surface area contributed by atoms with E-state index in [9.17, 15) is 4.79 Å². The summed E-state index contributed by atoms with van der Waals surface area (Å²) in [6.45, 7) is 5.83. The zero-order valence-electron chi connectivity index (χ0n) is 14.7. The SMILES string of the molecule is CCCCC/C(C)=N/NC(=O)C(C)Oc1ccc2ccccc2c1. The van der Waals surface area contributed by atoms with Gasteiger partial charge in [0.05, 0.1) is 0 Å². The normalized spacial score (nSPS) is 12.9. The molecule has 1 unspecified atom stereocenters. The number of nitrogens with zero attached hydrogens (tertiary/aromatic N) is 1. The third-order valence-electron chi connectivity index (χ3n) is 3.90. The van der Waals surface area contributed by atoms with Crippen molar-refractivity contribution in [1.82, 2.24) is 5.43 Å². The maximum atomic E-state index is 12.1. The number of ether oxygens (including phenoxy) is 1. The van der Waals surface area contributed by atoms with Gasteiger partial charge < -0.3 is 4.74 Å². The molecule has 1 N–H and O–H groups in total. The molecule has 24 heavy (non-hydrogen) atoms. The van der Waals surface area contributed by atoms with Gasteiger partial charge in [-0.1, -0.05) is 50.1 Å². The Balaban J connectivity index is 1.89. The van der Waals surface area contributed by atoms with Crippen LogP contribution in [0.15, 0.2) is 47.6 Å². The first-order chi connectivity index (χ1) is 11.6. The fraction of sp³-hybridized carbons (Fsp3) is 0.400. The van der Waals surface area contributed by atoms with Crippen LogP contribution in [0.5, 0.6) is 5.75 Å². The standard InChI is InChI=1S/C20H26N2O2/c1-4-5-6-9-15(2)21-22-20(23)16(3)24-19-13-12-17-10-7-8-11-18(17)14-19/h7-8,10-14,16H,4-6,9H2,1-3H3,(H,22,23)/b21-15+. The Labute approximate surface area is 143 Å². The summed E-state index contributed by atoms with van der Waals surface area (Å²) >= 11 is 0. The minimum atomic E-state index is -0.599. The smallest absolute Gasteiger partial charge is 0.280 e. The molecule has 1 atom stereocenters. The second-order valence-corrected chi connectivity index (χ2v) is 6.05. The van der Waals surface area contributed by atoms with Crippen LogP contribution in [0.3, 0.4) is 0 Å². The zero-order chi connectivity index (χ0) is 17.4. The molecule has 0 aliphatic rings. The Kier molecular flexibility index (Phi) is 6.79. The summed E-state index contributed by atoms with van der Waals surface area (Å²) in [6, 6.07) is 13.9. The van der Waals surface area contributed by atoms with E-state index in [0.717, 1.165) is 29.3 Å². The van der Waals surface area contributed by atoms with Crippen LogP contribution in [0, 0.1) is 0 Å². The van der Waals surface area contributed by atoms with Gasteiger partial charge in [0.2, 0.25) is 0 Å². The molecule has 0 fully saturated rings. The molecule has 4 heteroatoms. The second kappa shape index (κ2) is 9.06. The predicted molar refractivity (Wildman–Crippen MR) is 99.4 cm³/mol. The molecule has 0 radical (unpaired) electrons. The molecule has 0 spiro atoms. The van der Waals surface area contributed by atoms with E-state index in [4.69, 9.17) is 4.74 Å². The number of nitrogens with one attached hydrogen (secondary N) is 1. The Morgan fingerprint density at radius 3 is 2.67 bits per heavy atom. The van der Waals surface area contributed by atoms with Crippen molar-refractivity contribution < 1.29 is 9.53 Å². The number of unbranched alkanes of at least 4 members (excludes halogenated alkanes) is 2. The predicted octanol–water partition coefficient (Wildman–Crippen LogP) is 4.68. The average molecular weight is 326 g/mol. The van der Waals surface area contributed by atoms with Crippen molar-refractivity contribution in [3.63, 3.8) is 0 Å². The Hall–Kier alpha value is -2.36. The lowest BCUT2D eigenvalue weighted by atomic mass is 10.1. The van der Waals surface area contributed by atoms with E-state index in [2.05, 4.69) is 17.5 Å². The van der Waals surface area contributed by atoms with Crippen LogP contribution in [0.25, 0.3) is 10.8 Å². The van der Waals surface area contributed by atoms with Crippen LogP contribution < -0.4 is 10.2 Å². The average Bonchev–Trinajstić information content (AvgIpc) is 2.59. The van der Waals surface area contributed by atoms with Gasteiger partial charge in [0.25, 0.3) is 5.91 Å². The quantitative estimate of drug-likeness (QED) is 0.435. The summed E-state index contributed by atoms with van der Waals surface area (Å²) in [5.41, 5.74) is 3.53. The van der Waals surface area contributed by atoms with Crippen molar-refractivity contribution in [3.05, 3.63) is 42.5 Å². The van der Waals surface area contributed by atoms with Crippen molar-refractivity contribution in [3.8, 4) is 5.75 Å². The molecule has 2 aromatic carbocycles. The van der Waals surface area contributed by atoms with Gasteiger partial charge in [-0.3, -0.25) is 4.79 Å². The summed E-state index contributed by atoms with van der Waals surface area (Å²) in [5, 5.41) is 6.38. The van der Waals surface area contributed by atoms with Gasteiger partial charge in [-0.05, 0) is 49.6 Å². The monoisotopic (exact) mass is 326 g/mol. The van der Waals surface area contributed by atoms with Gasteiger partial charge in [0.15, 0.2) is 6.10 Å². The molecule has 0 aliphatic heterocycles. The van der Waals surface area contributed by atoms with E-state index in [-0.39, 0.29) is 5.91 Å². The summed E-state index contributed by atoms with van der Waals surface area (Å²) in [5.74, 6) is 0.443. The molecule has 0 saturated carbocycles. The van der Waals surface area contributed by atoms with E-state index in [0.29, 0.717) is 5.75 Å². The number of fused-ring (bicyclic) bond motifs is 1. The lowest BCUT2D eigenvalue weighted by Crippen LogP contribution is -2.33. The van der Waals surface area contributed by atoms with E-state index in [1.807, 2.05) is 49.4 Å². The number of rotatable bonds is 8. The lowest BCUT2D eigenvalue weighted by molar-refractivity contribution is -0.127. The molecule has 128 valence electrons. The van der Waals surface area contributed by atoms with Gasteiger partial charge in [0.1, 0.15) is 5.75 Å². The molecule has 0 saturated heterocycles. The number of hydrazone groups is 1. The van der Waals surface area contributed by atoms with Crippen molar-refractivity contribution >= 4 is 22.4 Å². The Morgan fingerprint density at radius 1 is 1.17 bits per heavy atom. The number of hydrogen-bond donors (Lipinski definition) is 1. The van der Waals surface area contributed by atoms with Crippen LogP contribution in [-0.4, -0.2) is 17.7 Å². The van der Waals surface area contributed by atoms with E-state index >= 15 is 0 Å². The summed E-state index contributed by atoms with van der Waals surface area (Å²) < 4.78 is 5.73. The Bertz CT molecular complexity index is 710. The third-order valence-corrected chi connectivity index (χ3v) is 3.90. The summed E-state index contributed by atoms with van der Waals surface area (Å²) in [4.78, 5) is 12.1. The number of carbonyl (C=O) groups excluding carboxylic acids is 1. The Morgan fingerprint density at radius 2 is 1.92 bits per heavy atom. The highest BCUT2D eigenvalue weighted by Crippen LogP contribution is 2.21.